The van der Waals surface area contributed by atoms with E-state index in [0.29, 0.717) is 12.2 Å². The molecule has 26 heavy (non-hydrogen) atoms. The van der Waals surface area contributed by atoms with Crippen LogP contribution in [0, 0.1) is 11.3 Å². The molecule has 1 atom stereocenters. The Balaban J connectivity index is 1.78. The van der Waals surface area contributed by atoms with Gasteiger partial charge in [0.05, 0.1) is 29.5 Å². The van der Waals surface area contributed by atoms with Crippen LogP contribution in [0.25, 0.3) is 0 Å². The number of rotatable bonds is 5. The van der Waals surface area contributed by atoms with Crippen molar-refractivity contribution in [1.82, 2.24) is 4.90 Å². The average Bonchev–Trinajstić information content (AvgIpc) is 3.16. The summed E-state index contributed by atoms with van der Waals surface area (Å²) in [6.07, 6.45) is 0.448. The van der Waals surface area contributed by atoms with Gasteiger partial charge in [0.25, 0.3) is 0 Å². The van der Waals surface area contributed by atoms with Crippen molar-refractivity contribution in [2.24, 2.45) is 0 Å². The molecule has 3 rings (SSSR count). The first kappa shape index (κ1) is 18.3. The van der Waals surface area contributed by atoms with Crippen LogP contribution in [0.2, 0.25) is 0 Å². The molecule has 1 aliphatic rings. The molecule has 0 spiro atoms. The zero-order valence-electron chi connectivity index (χ0n) is 14.2. The van der Waals surface area contributed by atoms with Crippen molar-refractivity contribution < 1.29 is 17.6 Å². The summed E-state index contributed by atoms with van der Waals surface area (Å²) in [7, 11) is 0. The molecule has 138 valence electrons. The fourth-order valence-corrected chi connectivity index (χ4v) is 3.32. The van der Waals surface area contributed by atoms with Crippen LogP contribution in [-0.2, 0) is 6.18 Å². The number of piperidine rings is 1. The van der Waals surface area contributed by atoms with Crippen LogP contribution in [0.4, 0.5) is 18.9 Å². The number of furan rings is 1. The standard InChI is InChI=1S/C19H20F3N3O/c20-19(21,22)16-11-15(7-6-14(16)12-23)24-13-17(18-5-4-10-26-18)25-8-2-1-3-9-25/h4-7,10-11,17,24H,1-3,8-9,13H2. The largest absolute Gasteiger partial charge is 0.468 e. The number of likely N-dealkylation sites (tertiary alicyclic amines) is 1. The molecule has 1 saturated heterocycles. The number of benzene rings is 1. The number of halogens is 3. The summed E-state index contributed by atoms with van der Waals surface area (Å²) >= 11 is 0. The smallest absolute Gasteiger partial charge is 0.417 e. The van der Waals surface area contributed by atoms with Gasteiger partial charge in [-0.3, -0.25) is 4.90 Å². The summed E-state index contributed by atoms with van der Waals surface area (Å²) in [6.45, 7) is 2.30. The minimum atomic E-state index is -4.56. The summed E-state index contributed by atoms with van der Waals surface area (Å²) in [5.41, 5.74) is -0.955. The van der Waals surface area contributed by atoms with Gasteiger partial charge in [-0.1, -0.05) is 6.42 Å². The Bertz CT molecular complexity index is 759. The molecular weight excluding hydrogens is 343 g/mol. The van der Waals surface area contributed by atoms with Gasteiger partial charge in [0.1, 0.15) is 5.76 Å². The zero-order valence-corrected chi connectivity index (χ0v) is 14.2. The van der Waals surface area contributed by atoms with E-state index in [1.807, 2.05) is 12.1 Å². The van der Waals surface area contributed by atoms with Gasteiger partial charge in [-0.05, 0) is 56.3 Å². The van der Waals surface area contributed by atoms with Gasteiger partial charge in [0, 0.05) is 12.2 Å². The highest BCUT2D eigenvalue weighted by atomic mass is 19.4. The molecule has 1 unspecified atom stereocenters. The predicted molar refractivity (Wildman–Crippen MR) is 91.5 cm³/mol. The molecule has 1 aliphatic heterocycles. The van der Waals surface area contributed by atoms with Gasteiger partial charge in [0.2, 0.25) is 0 Å². The molecule has 7 heteroatoms. The van der Waals surface area contributed by atoms with E-state index in [-0.39, 0.29) is 11.6 Å². The third-order valence-corrected chi connectivity index (χ3v) is 4.65. The highest BCUT2D eigenvalue weighted by molar-refractivity contribution is 5.53. The molecular formula is C19H20F3N3O. The molecule has 0 aliphatic carbocycles. The fourth-order valence-electron chi connectivity index (χ4n) is 3.32. The Morgan fingerprint density at radius 2 is 1.96 bits per heavy atom. The van der Waals surface area contributed by atoms with Gasteiger partial charge in [-0.2, -0.15) is 18.4 Å². The molecule has 1 aromatic carbocycles. The van der Waals surface area contributed by atoms with Crippen LogP contribution >= 0.6 is 0 Å². The third-order valence-electron chi connectivity index (χ3n) is 4.65. The van der Waals surface area contributed by atoms with Crippen molar-refractivity contribution in [3.05, 3.63) is 53.5 Å². The SMILES string of the molecule is N#Cc1ccc(NCC(c2ccco2)N2CCCCC2)cc1C(F)(F)F. The molecule has 2 heterocycles. The van der Waals surface area contributed by atoms with Crippen molar-refractivity contribution in [2.75, 3.05) is 25.0 Å². The van der Waals surface area contributed by atoms with Crippen LogP contribution in [0.5, 0.6) is 0 Å². The van der Waals surface area contributed by atoms with Crippen LogP contribution in [0.1, 0.15) is 42.2 Å². The Labute approximate surface area is 150 Å². The monoisotopic (exact) mass is 363 g/mol. The second-order valence-electron chi connectivity index (χ2n) is 6.38. The van der Waals surface area contributed by atoms with Crippen LogP contribution < -0.4 is 5.32 Å². The Hall–Kier alpha value is -2.46. The van der Waals surface area contributed by atoms with Crippen molar-refractivity contribution in [1.29, 1.82) is 5.26 Å². The maximum absolute atomic E-state index is 13.1. The molecule has 0 amide bonds. The Morgan fingerprint density at radius 1 is 1.19 bits per heavy atom. The number of hydrogen-bond donors (Lipinski definition) is 1. The summed E-state index contributed by atoms with van der Waals surface area (Å²) < 4.78 is 44.9. The maximum Gasteiger partial charge on any atom is 0.417 e. The summed E-state index contributed by atoms with van der Waals surface area (Å²) in [6, 6.07) is 8.96. The van der Waals surface area contributed by atoms with E-state index in [1.54, 1.807) is 12.3 Å². The second-order valence-corrected chi connectivity index (χ2v) is 6.38. The number of alkyl halides is 3. The van der Waals surface area contributed by atoms with Gasteiger partial charge < -0.3 is 9.73 Å². The lowest BCUT2D eigenvalue weighted by Crippen LogP contribution is -2.37. The van der Waals surface area contributed by atoms with Crippen molar-refractivity contribution >= 4 is 5.69 Å². The van der Waals surface area contributed by atoms with Crippen LogP contribution in [0.3, 0.4) is 0 Å². The van der Waals surface area contributed by atoms with Gasteiger partial charge in [-0.15, -0.1) is 0 Å². The normalized spacial score (nSPS) is 16.8. The number of nitrogens with zero attached hydrogens (tertiary/aromatic N) is 2. The average molecular weight is 363 g/mol. The van der Waals surface area contributed by atoms with Crippen molar-refractivity contribution in [2.45, 2.75) is 31.5 Å². The number of hydrogen-bond acceptors (Lipinski definition) is 4. The molecule has 0 bridgehead atoms. The molecule has 0 radical (unpaired) electrons. The fraction of sp³-hybridized carbons (Fsp3) is 0.421. The molecule has 1 N–H and O–H groups in total. The lowest BCUT2D eigenvalue weighted by molar-refractivity contribution is -0.137. The first-order valence-electron chi connectivity index (χ1n) is 8.61. The third kappa shape index (κ3) is 4.20. The topological polar surface area (TPSA) is 52.2 Å². The van der Waals surface area contributed by atoms with Crippen LogP contribution in [-0.4, -0.2) is 24.5 Å². The minimum absolute atomic E-state index is 0.0460. The molecule has 4 nitrogen and oxygen atoms in total. The Morgan fingerprint density at radius 3 is 2.58 bits per heavy atom. The number of nitrogens with one attached hydrogen (secondary N) is 1. The lowest BCUT2D eigenvalue weighted by atomic mass is 10.1. The van der Waals surface area contributed by atoms with E-state index >= 15 is 0 Å². The lowest BCUT2D eigenvalue weighted by Gasteiger charge is -2.33. The highest BCUT2D eigenvalue weighted by Gasteiger charge is 2.34. The van der Waals surface area contributed by atoms with Gasteiger partial charge in [-0.25, -0.2) is 0 Å². The van der Waals surface area contributed by atoms with E-state index < -0.39 is 11.7 Å². The molecule has 0 saturated carbocycles. The minimum Gasteiger partial charge on any atom is -0.468 e. The highest BCUT2D eigenvalue weighted by Crippen LogP contribution is 2.34. The van der Waals surface area contributed by atoms with Crippen molar-refractivity contribution in [3.63, 3.8) is 0 Å². The van der Waals surface area contributed by atoms with Gasteiger partial charge >= 0.3 is 6.18 Å². The summed E-state index contributed by atoms with van der Waals surface area (Å²) in [5.74, 6) is 0.795. The first-order chi connectivity index (χ1) is 12.5. The first-order valence-corrected chi connectivity index (χ1v) is 8.61. The second kappa shape index (κ2) is 7.83. The molecule has 1 aromatic heterocycles. The number of nitriles is 1. The zero-order chi connectivity index (χ0) is 18.6. The van der Waals surface area contributed by atoms with E-state index in [2.05, 4.69) is 10.2 Å². The van der Waals surface area contributed by atoms with E-state index in [0.717, 1.165) is 37.8 Å². The van der Waals surface area contributed by atoms with Crippen molar-refractivity contribution in [3.8, 4) is 6.07 Å². The Kier molecular flexibility index (Phi) is 5.52. The quantitative estimate of drug-likeness (QED) is 0.828. The summed E-state index contributed by atoms with van der Waals surface area (Å²) in [5, 5.41) is 12.0. The number of anilines is 1. The molecule has 1 fully saturated rings. The predicted octanol–water partition coefficient (Wildman–Crippen LogP) is 4.81. The van der Waals surface area contributed by atoms with Crippen LogP contribution in [0.15, 0.2) is 41.0 Å². The molecule has 2 aromatic rings. The van der Waals surface area contributed by atoms with Gasteiger partial charge in [0.15, 0.2) is 0 Å². The van der Waals surface area contributed by atoms with E-state index in [9.17, 15) is 13.2 Å². The maximum atomic E-state index is 13.1. The summed E-state index contributed by atoms with van der Waals surface area (Å²) in [4.78, 5) is 2.30. The van der Waals surface area contributed by atoms with E-state index in [1.165, 1.54) is 18.6 Å². The van der Waals surface area contributed by atoms with E-state index in [4.69, 9.17) is 9.68 Å².